The average Bonchev–Trinajstić information content (AvgIpc) is 2.97. The van der Waals surface area contributed by atoms with Crippen molar-refractivity contribution >= 4 is 16.8 Å². The fourth-order valence-electron chi connectivity index (χ4n) is 4.84. The number of hydrogen-bond acceptors (Lipinski definition) is 1. The number of fused-ring (bicyclic) bond motifs is 7. The summed E-state index contributed by atoms with van der Waals surface area (Å²) in [5.41, 5.74) is 3.98. The summed E-state index contributed by atoms with van der Waals surface area (Å²) < 4.78 is 0. The Balaban J connectivity index is 1.72. The summed E-state index contributed by atoms with van der Waals surface area (Å²) in [7, 11) is 0. The summed E-state index contributed by atoms with van der Waals surface area (Å²) in [4.78, 5) is 18.7. The Hall–Kier alpha value is -2.03. The van der Waals surface area contributed by atoms with Crippen LogP contribution in [-0.4, -0.2) is 22.3 Å². The lowest BCUT2D eigenvalue weighted by Gasteiger charge is -2.27. The van der Waals surface area contributed by atoms with Crippen LogP contribution in [0.5, 0.6) is 0 Å². The van der Waals surface area contributed by atoms with Crippen molar-refractivity contribution in [2.75, 3.05) is 6.54 Å². The van der Waals surface area contributed by atoms with Crippen LogP contribution < -0.4 is 0 Å². The van der Waals surface area contributed by atoms with Gasteiger partial charge in [-0.15, -0.1) is 0 Å². The molecule has 1 aromatic heterocycles. The van der Waals surface area contributed by atoms with Crippen molar-refractivity contribution < 1.29 is 4.79 Å². The topological polar surface area (TPSA) is 36.1 Å². The van der Waals surface area contributed by atoms with E-state index in [1.807, 2.05) is 0 Å². The Labute approximate surface area is 130 Å². The summed E-state index contributed by atoms with van der Waals surface area (Å²) in [6.07, 6.45) is 8.57. The van der Waals surface area contributed by atoms with Crippen molar-refractivity contribution in [3.05, 3.63) is 47.7 Å². The van der Waals surface area contributed by atoms with Crippen LogP contribution in [0.15, 0.2) is 36.4 Å². The van der Waals surface area contributed by atoms with Gasteiger partial charge in [-0.3, -0.25) is 4.79 Å². The highest BCUT2D eigenvalue weighted by molar-refractivity contribution is 5.87. The van der Waals surface area contributed by atoms with Gasteiger partial charge in [0, 0.05) is 35.0 Å². The van der Waals surface area contributed by atoms with Gasteiger partial charge in [-0.1, -0.05) is 30.4 Å². The Bertz CT molecular complexity index is 788. The van der Waals surface area contributed by atoms with Crippen molar-refractivity contribution in [2.45, 2.75) is 31.7 Å². The number of carbonyl (C=O) groups is 1. The number of allylic oxidation sites excluding steroid dienone is 2. The van der Waals surface area contributed by atoms with Gasteiger partial charge in [0.15, 0.2) is 0 Å². The van der Waals surface area contributed by atoms with Gasteiger partial charge in [-0.2, -0.15) is 0 Å². The first-order chi connectivity index (χ1) is 10.8. The van der Waals surface area contributed by atoms with Crippen molar-refractivity contribution in [3.63, 3.8) is 0 Å². The average molecular weight is 292 g/mol. The van der Waals surface area contributed by atoms with Gasteiger partial charge in [-0.25, -0.2) is 0 Å². The molecule has 1 N–H and O–H groups in total. The van der Waals surface area contributed by atoms with E-state index in [1.165, 1.54) is 22.2 Å². The van der Waals surface area contributed by atoms with E-state index in [0.29, 0.717) is 11.8 Å². The lowest BCUT2D eigenvalue weighted by atomic mass is 9.80. The van der Waals surface area contributed by atoms with Crippen LogP contribution in [0.1, 0.15) is 36.6 Å². The second kappa shape index (κ2) is 4.48. The molecule has 22 heavy (non-hydrogen) atoms. The first-order valence-electron chi connectivity index (χ1n) is 8.39. The highest BCUT2D eigenvalue weighted by Crippen LogP contribution is 2.49. The molecule has 0 unspecified atom stereocenters. The van der Waals surface area contributed by atoms with Crippen molar-refractivity contribution in [1.82, 2.24) is 9.88 Å². The highest BCUT2D eigenvalue weighted by atomic mass is 16.2. The molecule has 1 aromatic carbocycles. The molecule has 3 heterocycles. The maximum Gasteiger partial charge on any atom is 0.226 e. The maximum atomic E-state index is 12.8. The SMILES string of the molecule is O=C1[C@H]2CC=CC[C@H]2[C@H]2c3[nH]c4ccccc4c3CCCN12. The van der Waals surface area contributed by atoms with Gasteiger partial charge in [0.1, 0.15) is 0 Å². The monoisotopic (exact) mass is 292 g/mol. The van der Waals surface area contributed by atoms with Crippen LogP contribution in [0.3, 0.4) is 0 Å². The van der Waals surface area contributed by atoms with E-state index in [1.54, 1.807) is 0 Å². The van der Waals surface area contributed by atoms with Gasteiger partial charge in [0.2, 0.25) is 5.91 Å². The number of para-hydroxylation sites is 1. The largest absolute Gasteiger partial charge is 0.356 e. The maximum absolute atomic E-state index is 12.8. The Kier molecular flexibility index (Phi) is 2.55. The van der Waals surface area contributed by atoms with Gasteiger partial charge in [-0.05, 0) is 37.3 Å². The summed E-state index contributed by atoms with van der Waals surface area (Å²) in [6.45, 7) is 0.910. The number of aryl methyl sites for hydroxylation is 1. The molecule has 0 saturated carbocycles. The molecule has 0 bridgehead atoms. The van der Waals surface area contributed by atoms with Gasteiger partial charge >= 0.3 is 0 Å². The molecule has 0 spiro atoms. The van der Waals surface area contributed by atoms with Crippen LogP contribution in [0.2, 0.25) is 0 Å². The van der Waals surface area contributed by atoms with Crippen LogP contribution in [0.25, 0.3) is 10.9 Å². The number of hydrogen-bond donors (Lipinski definition) is 1. The number of aromatic amines is 1. The molecule has 0 radical (unpaired) electrons. The van der Waals surface area contributed by atoms with Gasteiger partial charge in [0.25, 0.3) is 0 Å². The van der Waals surface area contributed by atoms with Crippen molar-refractivity contribution in [2.24, 2.45) is 11.8 Å². The standard InChI is InChI=1S/C19H20N2O/c22-19-15-8-2-1-7-14(15)18-17-13(9-5-11-21(18)19)12-6-3-4-10-16(12)20-17/h1-4,6,10,14-15,18,20H,5,7-9,11H2/t14-,15+,18+/m1/s1. The molecule has 2 aromatic rings. The molecular weight excluding hydrogens is 272 g/mol. The summed E-state index contributed by atoms with van der Waals surface area (Å²) in [6, 6.07) is 8.83. The fraction of sp³-hybridized carbons (Fsp3) is 0.421. The van der Waals surface area contributed by atoms with E-state index in [9.17, 15) is 4.79 Å². The third-order valence-corrected chi connectivity index (χ3v) is 5.79. The zero-order valence-corrected chi connectivity index (χ0v) is 12.6. The fourth-order valence-corrected chi connectivity index (χ4v) is 4.84. The second-order valence-electron chi connectivity index (χ2n) is 6.86. The summed E-state index contributed by atoms with van der Waals surface area (Å²) in [5.74, 6) is 1.03. The molecule has 3 atom stereocenters. The second-order valence-corrected chi connectivity index (χ2v) is 6.86. The van der Waals surface area contributed by atoms with E-state index in [4.69, 9.17) is 0 Å². The predicted octanol–water partition coefficient (Wildman–Crippen LogP) is 3.58. The molecule has 3 aliphatic rings. The molecule has 1 saturated heterocycles. The molecule has 1 aliphatic carbocycles. The zero-order chi connectivity index (χ0) is 14.7. The van der Waals surface area contributed by atoms with Crippen molar-refractivity contribution in [1.29, 1.82) is 0 Å². The normalized spacial score (nSPS) is 30.1. The smallest absolute Gasteiger partial charge is 0.226 e. The number of nitrogens with zero attached hydrogens (tertiary/aromatic N) is 1. The lowest BCUT2D eigenvalue weighted by Crippen LogP contribution is -2.29. The highest BCUT2D eigenvalue weighted by Gasteiger charge is 2.49. The van der Waals surface area contributed by atoms with Crippen LogP contribution in [-0.2, 0) is 11.2 Å². The Morgan fingerprint density at radius 1 is 1.14 bits per heavy atom. The van der Waals surface area contributed by atoms with E-state index >= 15 is 0 Å². The van der Waals surface area contributed by atoms with Gasteiger partial charge < -0.3 is 9.88 Å². The summed E-state index contributed by atoms with van der Waals surface area (Å²) in [5, 5.41) is 1.35. The van der Waals surface area contributed by atoms with E-state index in [-0.39, 0.29) is 12.0 Å². The third-order valence-electron chi connectivity index (χ3n) is 5.79. The van der Waals surface area contributed by atoms with Crippen LogP contribution >= 0.6 is 0 Å². The van der Waals surface area contributed by atoms with E-state index < -0.39 is 0 Å². The van der Waals surface area contributed by atoms with Gasteiger partial charge in [0.05, 0.1) is 6.04 Å². The molecule has 5 rings (SSSR count). The molecule has 1 amide bonds. The number of amides is 1. The third kappa shape index (κ3) is 1.54. The molecular formula is C19H20N2O. The molecule has 2 aliphatic heterocycles. The minimum absolute atomic E-state index is 0.201. The van der Waals surface area contributed by atoms with Crippen molar-refractivity contribution in [3.8, 4) is 0 Å². The minimum Gasteiger partial charge on any atom is -0.356 e. The van der Waals surface area contributed by atoms with Crippen LogP contribution in [0, 0.1) is 11.8 Å². The molecule has 1 fully saturated rings. The number of H-pyrrole nitrogens is 1. The first kappa shape index (κ1) is 12.5. The number of benzene rings is 1. The quantitative estimate of drug-likeness (QED) is 0.740. The summed E-state index contributed by atoms with van der Waals surface area (Å²) >= 11 is 0. The Morgan fingerprint density at radius 3 is 2.95 bits per heavy atom. The molecule has 3 nitrogen and oxygen atoms in total. The molecule has 112 valence electrons. The Morgan fingerprint density at radius 2 is 2.00 bits per heavy atom. The van der Waals surface area contributed by atoms with E-state index in [0.717, 1.165) is 32.2 Å². The lowest BCUT2D eigenvalue weighted by molar-refractivity contribution is -0.132. The number of rotatable bonds is 0. The number of nitrogens with one attached hydrogen (secondary N) is 1. The van der Waals surface area contributed by atoms with E-state index in [2.05, 4.69) is 46.3 Å². The number of aromatic nitrogens is 1. The predicted molar refractivity (Wildman–Crippen MR) is 86.4 cm³/mol. The van der Waals surface area contributed by atoms with Crippen LogP contribution in [0.4, 0.5) is 0 Å². The molecule has 3 heteroatoms. The number of carbonyl (C=O) groups excluding carboxylic acids is 1. The minimum atomic E-state index is 0.201. The first-order valence-corrected chi connectivity index (χ1v) is 8.39. The zero-order valence-electron chi connectivity index (χ0n) is 12.6.